The van der Waals surface area contributed by atoms with Crippen molar-refractivity contribution in [1.29, 1.82) is 0 Å². The quantitative estimate of drug-likeness (QED) is 0.506. The number of carbonyl (C=O) groups excluding carboxylic acids is 1. The molecule has 0 aliphatic heterocycles. The number of carbonyl (C=O) groups is 2. The minimum atomic E-state index is -5.08. The maximum Gasteiger partial charge on any atom is 0.490 e. The lowest BCUT2D eigenvalue weighted by atomic mass is 10.2. The molecule has 2 aromatic heterocycles. The number of carboxylic acid groups (broad SMARTS) is 1. The molecule has 0 bridgehead atoms. The molecule has 0 saturated heterocycles. The molecule has 0 atom stereocenters. The lowest BCUT2D eigenvalue weighted by Gasteiger charge is -2.12. The number of anilines is 2. The van der Waals surface area contributed by atoms with Gasteiger partial charge in [-0.1, -0.05) is 17.7 Å². The molecular formula is C20H17F3N4O5S. The van der Waals surface area contributed by atoms with E-state index in [4.69, 9.17) is 9.90 Å². The highest BCUT2D eigenvalue weighted by Crippen LogP contribution is 2.21. The van der Waals surface area contributed by atoms with E-state index in [1.807, 2.05) is 6.92 Å². The van der Waals surface area contributed by atoms with Crippen LogP contribution in [-0.2, 0) is 14.8 Å². The van der Waals surface area contributed by atoms with Gasteiger partial charge in [0.05, 0.1) is 22.3 Å². The second-order valence-electron chi connectivity index (χ2n) is 6.33. The Balaban J connectivity index is 0.000000479. The molecule has 0 fully saturated rings. The number of nitrogens with zero attached hydrogens (tertiary/aromatic N) is 2. The van der Waals surface area contributed by atoms with Gasteiger partial charge < -0.3 is 10.4 Å². The van der Waals surface area contributed by atoms with Crippen molar-refractivity contribution in [2.75, 3.05) is 10.0 Å². The first-order chi connectivity index (χ1) is 15.4. The van der Waals surface area contributed by atoms with Crippen LogP contribution in [0, 0.1) is 6.92 Å². The Bertz CT molecular complexity index is 1220. The summed E-state index contributed by atoms with van der Waals surface area (Å²) >= 11 is 0. The first-order valence-corrected chi connectivity index (χ1v) is 10.4. The highest BCUT2D eigenvalue weighted by Gasteiger charge is 2.38. The Morgan fingerprint density at radius 3 is 2.03 bits per heavy atom. The summed E-state index contributed by atoms with van der Waals surface area (Å²) in [7, 11) is -3.84. The van der Waals surface area contributed by atoms with E-state index < -0.39 is 28.1 Å². The predicted octanol–water partition coefficient (Wildman–Crippen LogP) is 3.47. The van der Waals surface area contributed by atoms with Gasteiger partial charge >= 0.3 is 12.1 Å². The summed E-state index contributed by atoms with van der Waals surface area (Å²) in [5, 5.41) is 9.82. The van der Waals surface area contributed by atoms with Crippen molar-refractivity contribution in [3.63, 3.8) is 0 Å². The Labute approximate surface area is 186 Å². The molecule has 3 aromatic rings. The number of pyridine rings is 2. The van der Waals surface area contributed by atoms with E-state index in [0.717, 1.165) is 5.56 Å². The van der Waals surface area contributed by atoms with E-state index in [2.05, 4.69) is 20.0 Å². The largest absolute Gasteiger partial charge is 0.490 e. The third-order valence-electron chi connectivity index (χ3n) is 3.82. The van der Waals surface area contributed by atoms with Gasteiger partial charge in [0, 0.05) is 24.3 Å². The molecule has 0 unspecified atom stereocenters. The van der Waals surface area contributed by atoms with Gasteiger partial charge in [0.1, 0.15) is 0 Å². The molecule has 0 aliphatic carbocycles. The zero-order chi connectivity index (χ0) is 24.6. The fourth-order valence-corrected chi connectivity index (χ4v) is 3.29. The van der Waals surface area contributed by atoms with Crippen LogP contribution in [0.2, 0.25) is 0 Å². The molecule has 3 rings (SSSR count). The summed E-state index contributed by atoms with van der Waals surface area (Å²) in [5.74, 6) is -3.22. The fourth-order valence-electron chi connectivity index (χ4n) is 2.23. The SMILES string of the molecule is Cc1ccc(S(=O)(=O)Nc2cnccc2C(=O)Nc2ccncc2)cc1.O=C(O)C(F)(F)F. The highest BCUT2D eigenvalue weighted by atomic mass is 32.2. The molecule has 0 aliphatic rings. The number of alkyl halides is 3. The molecule has 0 radical (unpaired) electrons. The van der Waals surface area contributed by atoms with Gasteiger partial charge in [-0.25, -0.2) is 13.2 Å². The van der Waals surface area contributed by atoms with Gasteiger partial charge in [0.2, 0.25) is 0 Å². The van der Waals surface area contributed by atoms with E-state index in [9.17, 15) is 26.4 Å². The first kappa shape index (κ1) is 25.3. The molecule has 0 saturated carbocycles. The van der Waals surface area contributed by atoms with Crippen molar-refractivity contribution in [3.05, 3.63) is 78.4 Å². The second-order valence-corrected chi connectivity index (χ2v) is 8.02. The molecule has 174 valence electrons. The topological polar surface area (TPSA) is 138 Å². The van der Waals surface area contributed by atoms with E-state index in [-0.39, 0.29) is 16.1 Å². The predicted molar refractivity (Wildman–Crippen MR) is 112 cm³/mol. The number of carboxylic acids is 1. The minimum Gasteiger partial charge on any atom is -0.475 e. The summed E-state index contributed by atoms with van der Waals surface area (Å²) < 4.78 is 59.3. The van der Waals surface area contributed by atoms with E-state index in [1.165, 1.54) is 30.6 Å². The normalized spacial score (nSPS) is 11.0. The fraction of sp³-hybridized carbons (Fsp3) is 0.100. The number of rotatable bonds is 5. The van der Waals surface area contributed by atoms with Crippen molar-refractivity contribution in [1.82, 2.24) is 9.97 Å². The van der Waals surface area contributed by atoms with Crippen LogP contribution >= 0.6 is 0 Å². The Kier molecular flexibility index (Phi) is 8.07. The average molecular weight is 482 g/mol. The molecule has 3 N–H and O–H groups in total. The summed E-state index contributed by atoms with van der Waals surface area (Å²) in [6, 6.07) is 11.1. The van der Waals surface area contributed by atoms with Gasteiger partial charge in [-0.2, -0.15) is 13.2 Å². The number of hydrogen-bond acceptors (Lipinski definition) is 6. The van der Waals surface area contributed by atoms with E-state index in [1.54, 1.807) is 36.7 Å². The van der Waals surface area contributed by atoms with Crippen molar-refractivity contribution in [2.24, 2.45) is 0 Å². The van der Waals surface area contributed by atoms with Crippen LogP contribution in [0.3, 0.4) is 0 Å². The average Bonchev–Trinajstić information content (AvgIpc) is 2.74. The van der Waals surface area contributed by atoms with Gasteiger partial charge in [-0.05, 0) is 37.3 Å². The standard InChI is InChI=1S/C18H16N4O3S.C2HF3O2/c1-13-2-4-15(5-3-13)26(24,25)22-17-12-20-11-8-16(17)18(23)21-14-6-9-19-10-7-14;3-2(4,5)1(6)7/h2-12,22H,1H3,(H,19,21,23);(H,6,7). The van der Waals surface area contributed by atoms with Crippen LogP contribution < -0.4 is 10.0 Å². The molecule has 13 heteroatoms. The molecule has 1 aromatic carbocycles. The van der Waals surface area contributed by atoms with Crippen molar-refractivity contribution in [3.8, 4) is 0 Å². The number of hydrogen-bond donors (Lipinski definition) is 3. The molecule has 0 spiro atoms. The summed E-state index contributed by atoms with van der Waals surface area (Å²) in [5.41, 5.74) is 1.75. The summed E-state index contributed by atoms with van der Waals surface area (Å²) in [6.07, 6.45) is 0.727. The van der Waals surface area contributed by atoms with Gasteiger partial charge in [-0.3, -0.25) is 19.5 Å². The number of halogens is 3. The first-order valence-electron chi connectivity index (χ1n) is 8.95. The van der Waals surface area contributed by atoms with Crippen molar-refractivity contribution >= 4 is 33.3 Å². The van der Waals surface area contributed by atoms with Crippen LogP contribution in [0.15, 0.2) is 72.1 Å². The number of sulfonamides is 1. The number of aromatic nitrogens is 2. The maximum absolute atomic E-state index is 12.6. The maximum atomic E-state index is 12.6. The number of benzene rings is 1. The van der Waals surface area contributed by atoms with Crippen LogP contribution in [0.4, 0.5) is 24.5 Å². The molecule has 9 nitrogen and oxygen atoms in total. The second kappa shape index (κ2) is 10.5. The van der Waals surface area contributed by atoms with E-state index in [0.29, 0.717) is 5.69 Å². The number of aryl methyl sites for hydroxylation is 1. The van der Waals surface area contributed by atoms with Crippen LogP contribution in [0.1, 0.15) is 15.9 Å². The molecule has 1 amide bonds. The third kappa shape index (κ3) is 7.57. The van der Waals surface area contributed by atoms with Gasteiger partial charge in [-0.15, -0.1) is 0 Å². The van der Waals surface area contributed by atoms with Crippen LogP contribution in [-0.4, -0.2) is 41.5 Å². The lowest BCUT2D eigenvalue weighted by Crippen LogP contribution is -2.21. The summed E-state index contributed by atoms with van der Waals surface area (Å²) in [6.45, 7) is 1.87. The zero-order valence-corrected chi connectivity index (χ0v) is 17.7. The zero-order valence-electron chi connectivity index (χ0n) is 16.9. The lowest BCUT2D eigenvalue weighted by molar-refractivity contribution is -0.192. The number of nitrogens with one attached hydrogen (secondary N) is 2. The van der Waals surface area contributed by atoms with Crippen molar-refractivity contribution in [2.45, 2.75) is 18.0 Å². The van der Waals surface area contributed by atoms with E-state index >= 15 is 0 Å². The van der Waals surface area contributed by atoms with Crippen LogP contribution in [0.25, 0.3) is 0 Å². The third-order valence-corrected chi connectivity index (χ3v) is 5.20. The van der Waals surface area contributed by atoms with Crippen LogP contribution in [0.5, 0.6) is 0 Å². The Morgan fingerprint density at radius 2 is 1.48 bits per heavy atom. The molecule has 33 heavy (non-hydrogen) atoms. The molecular weight excluding hydrogens is 465 g/mol. The van der Waals surface area contributed by atoms with Gasteiger partial charge in [0.15, 0.2) is 0 Å². The molecule has 2 heterocycles. The smallest absolute Gasteiger partial charge is 0.475 e. The Hall–Kier alpha value is -4.00. The Morgan fingerprint density at radius 1 is 0.939 bits per heavy atom. The summed E-state index contributed by atoms with van der Waals surface area (Å²) in [4.78, 5) is 29.3. The minimum absolute atomic E-state index is 0.0969. The monoisotopic (exact) mass is 482 g/mol. The number of amides is 1. The van der Waals surface area contributed by atoms with Gasteiger partial charge in [0.25, 0.3) is 15.9 Å². The highest BCUT2D eigenvalue weighted by molar-refractivity contribution is 7.92. The number of aliphatic carboxylic acids is 1. The van der Waals surface area contributed by atoms with Crippen molar-refractivity contribution < 1.29 is 36.3 Å².